The van der Waals surface area contributed by atoms with Crippen LogP contribution in [0, 0.1) is 39.9 Å². The van der Waals surface area contributed by atoms with Gasteiger partial charge in [0.1, 0.15) is 0 Å². The summed E-state index contributed by atoms with van der Waals surface area (Å²) >= 11 is 0. The molecule has 0 atom stereocenters. The average Bonchev–Trinajstić information content (AvgIpc) is 1.42. The van der Waals surface area contributed by atoms with E-state index in [2.05, 4.69) is 4.31 Å². The molecule has 0 fully saturated rings. The smallest absolute Gasteiger partial charge is 0.790 e. The quantitative estimate of drug-likeness (QED) is 0.306. The minimum atomic E-state index is -5.68. The van der Waals surface area contributed by atoms with E-state index in [-0.39, 0.29) is 39.9 Å². The van der Waals surface area contributed by atoms with E-state index in [0.717, 1.165) is 0 Å². The van der Waals surface area contributed by atoms with Gasteiger partial charge in [-0.05, 0) is 0 Å². The Balaban J connectivity index is -0.000000208. The molecule has 0 aliphatic heterocycles. The number of phosphoric acid groups is 3. The molecule has 0 aromatic rings. The van der Waals surface area contributed by atoms with Gasteiger partial charge in [0.15, 0.2) is 0 Å². The average molecular weight is 504 g/mol. The van der Waals surface area contributed by atoms with Crippen LogP contribution < -0.4 is 19.6 Å². The van der Waals surface area contributed by atoms with Gasteiger partial charge in [-0.1, -0.05) is 0 Å². The zero-order valence-electron chi connectivity index (χ0n) is 6.45. The van der Waals surface area contributed by atoms with Crippen LogP contribution in [0.3, 0.4) is 0 Å². The van der Waals surface area contributed by atoms with E-state index >= 15 is 0 Å². The summed E-state index contributed by atoms with van der Waals surface area (Å²) in [6.07, 6.45) is 0. The molecule has 0 amide bonds. The molecule has 0 heterocycles. The maximum Gasteiger partial charge on any atom is 4.00 e. The Labute approximate surface area is 115 Å². The van der Waals surface area contributed by atoms with E-state index in [4.69, 9.17) is 19.2 Å². The van der Waals surface area contributed by atoms with Crippen LogP contribution in [0.2, 0.25) is 0 Å². The van der Waals surface area contributed by atoms with E-state index in [1.54, 1.807) is 0 Å². The second-order valence-corrected chi connectivity index (χ2v) is 4.96. The number of hydrogen-bond acceptors (Lipinski definition) is 8. The molecule has 0 aliphatic carbocycles. The summed E-state index contributed by atoms with van der Waals surface area (Å²) in [5, 5.41) is 0. The van der Waals surface area contributed by atoms with Gasteiger partial charge in [-0.15, -0.1) is 0 Å². The van der Waals surface area contributed by atoms with Gasteiger partial charge in [-0.3, -0.25) is 0 Å². The van der Waals surface area contributed by atoms with E-state index in [9.17, 15) is 28.7 Å². The van der Waals surface area contributed by atoms with Gasteiger partial charge >= 0.3 is 47.8 Å². The molecule has 0 radical (unpaired) electrons. The standard InChI is InChI=1S/H4O7P2.H3O4P.Th/c1-8(2,3)7-9(4,5)6;1-5(2,3)4;/h(H2,1,2,3)(H2,4,5,6);(H3,1,2,3,4);/q;;+4/p-4. The molecule has 0 aromatic carbocycles. The van der Waals surface area contributed by atoms with Gasteiger partial charge in [0.2, 0.25) is 0 Å². The minimum absolute atomic E-state index is 0. The molecule has 0 spiro atoms. The molecule has 0 aliphatic rings. The molecule has 11 nitrogen and oxygen atoms in total. The Morgan fingerprint density at radius 3 is 0.933 bits per heavy atom. The SMILES string of the molecule is O=P(O)(O)O.O=P([O-])([O-])OP(=O)([O-])[O-].[Th+4]. The first-order chi connectivity index (χ1) is 5.71. The van der Waals surface area contributed by atoms with Crippen LogP contribution in [-0.4, -0.2) is 14.7 Å². The Kier molecular flexibility index (Phi) is 11.6. The van der Waals surface area contributed by atoms with Crippen molar-refractivity contribution in [2.75, 3.05) is 0 Å². The molecule has 0 bridgehead atoms. The van der Waals surface area contributed by atoms with Gasteiger partial charge in [0.25, 0.3) is 0 Å². The molecule has 3 N–H and O–H groups in total. The molecule has 0 rings (SSSR count). The topological polar surface area (TPSA) is 213 Å². The van der Waals surface area contributed by atoms with Crippen LogP contribution in [0.5, 0.6) is 0 Å². The fraction of sp³-hybridized carbons (Fsp3) is 0. The Morgan fingerprint density at radius 2 is 0.933 bits per heavy atom. The van der Waals surface area contributed by atoms with Crippen molar-refractivity contribution >= 4 is 23.5 Å². The van der Waals surface area contributed by atoms with Crippen molar-refractivity contribution in [2.24, 2.45) is 0 Å². The molecule has 0 saturated heterocycles. The van der Waals surface area contributed by atoms with Gasteiger partial charge in [-0.2, -0.15) is 0 Å². The Bertz CT molecular complexity index is 259. The van der Waals surface area contributed by atoms with Crippen molar-refractivity contribution in [3.63, 3.8) is 0 Å². The summed E-state index contributed by atoms with van der Waals surface area (Å²) < 4.78 is 30.0. The van der Waals surface area contributed by atoms with Crippen molar-refractivity contribution in [2.45, 2.75) is 0 Å². The largest absolute Gasteiger partial charge is 4.00 e. The molecule has 0 saturated carbocycles. The maximum absolute atomic E-state index is 9.32. The molecular formula is H3O11P3Th. The molecular weight excluding hydrogens is 501 g/mol. The first-order valence-corrected chi connectivity index (χ1v) is 6.73. The molecule has 15 heavy (non-hydrogen) atoms. The van der Waals surface area contributed by atoms with E-state index in [0.29, 0.717) is 0 Å². The maximum atomic E-state index is 9.32. The van der Waals surface area contributed by atoms with Crippen LogP contribution >= 0.6 is 23.5 Å². The van der Waals surface area contributed by atoms with Gasteiger partial charge in [0.05, 0.1) is 15.6 Å². The summed E-state index contributed by atoms with van der Waals surface area (Å²) in [7, 11) is -16.0. The molecule has 88 valence electrons. The van der Waals surface area contributed by atoms with Gasteiger partial charge in [-0.25, -0.2) is 4.57 Å². The third-order valence-electron chi connectivity index (χ3n) is 0.200. The fourth-order valence-corrected chi connectivity index (χ4v) is 1.10. The predicted molar refractivity (Wildman–Crippen MR) is 30.6 cm³/mol. The summed E-state index contributed by atoms with van der Waals surface area (Å²) in [4.78, 5) is 58.9. The van der Waals surface area contributed by atoms with E-state index < -0.39 is 23.5 Å². The fourth-order valence-electron chi connectivity index (χ4n) is 0.122. The number of hydrogen-bond donors (Lipinski definition) is 3. The second kappa shape index (κ2) is 7.91. The third kappa shape index (κ3) is 49.7. The zero-order valence-corrected chi connectivity index (χ0v) is 13.2. The van der Waals surface area contributed by atoms with Crippen LogP contribution in [0.4, 0.5) is 0 Å². The van der Waals surface area contributed by atoms with Crippen molar-refractivity contribution in [3.05, 3.63) is 0 Å². The van der Waals surface area contributed by atoms with Crippen LogP contribution in [0.25, 0.3) is 0 Å². The van der Waals surface area contributed by atoms with Crippen molar-refractivity contribution in [1.29, 1.82) is 0 Å². The van der Waals surface area contributed by atoms with Crippen LogP contribution in [-0.2, 0) is 18.0 Å². The monoisotopic (exact) mass is 504 g/mol. The third-order valence-corrected chi connectivity index (χ3v) is 1.80. The van der Waals surface area contributed by atoms with E-state index in [1.807, 2.05) is 0 Å². The summed E-state index contributed by atoms with van der Waals surface area (Å²) in [6.45, 7) is 0. The first kappa shape index (κ1) is 21.9. The molecule has 0 aromatic heterocycles. The van der Waals surface area contributed by atoms with Gasteiger partial charge in [0, 0.05) is 0 Å². The number of rotatable bonds is 2. The van der Waals surface area contributed by atoms with Crippen molar-refractivity contribution in [1.82, 2.24) is 0 Å². The normalized spacial score (nSPS) is 12.2. The molecule has 0 unspecified atom stereocenters. The first-order valence-electron chi connectivity index (χ1n) is 2.24. The van der Waals surface area contributed by atoms with Crippen molar-refractivity contribution < 1.29 is 92.2 Å². The second-order valence-electron chi connectivity index (χ2n) is 1.49. The predicted octanol–water partition coefficient (Wildman–Crippen LogP) is -4.27. The van der Waals surface area contributed by atoms with Crippen molar-refractivity contribution in [3.8, 4) is 0 Å². The Morgan fingerprint density at radius 1 is 0.800 bits per heavy atom. The van der Waals surface area contributed by atoms with Gasteiger partial charge < -0.3 is 47.7 Å². The summed E-state index contributed by atoms with van der Waals surface area (Å²) in [6, 6.07) is 0. The van der Waals surface area contributed by atoms with Crippen LogP contribution in [0.1, 0.15) is 0 Å². The minimum Gasteiger partial charge on any atom is -0.790 e. The Hall–Kier alpha value is 1.69. The zero-order chi connectivity index (χ0) is 12.2. The summed E-state index contributed by atoms with van der Waals surface area (Å²) in [5.74, 6) is 0. The van der Waals surface area contributed by atoms with E-state index in [1.165, 1.54) is 0 Å². The van der Waals surface area contributed by atoms with Crippen LogP contribution in [0.15, 0.2) is 0 Å². The summed E-state index contributed by atoms with van der Waals surface area (Å²) in [5.41, 5.74) is 0. The molecule has 15 heteroatoms.